The summed E-state index contributed by atoms with van der Waals surface area (Å²) in [5, 5.41) is 18.5. The second-order valence-electron chi connectivity index (χ2n) is 4.00. The van der Waals surface area contributed by atoms with Crippen molar-refractivity contribution in [3.05, 3.63) is 30.0 Å². The lowest BCUT2D eigenvalue weighted by Gasteiger charge is -2.03. The molecule has 2 rings (SSSR count). The maximum atomic E-state index is 9.00. The Morgan fingerprint density at radius 1 is 1.22 bits per heavy atom. The molecule has 0 bridgehead atoms. The van der Waals surface area contributed by atoms with Crippen LogP contribution in [0.5, 0.6) is 5.75 Å². The Hall–Kier alpha value is -1.99. The zero-order chi connectivity index (χ0) is 12.8. The summed E-state index contributed by atoms with van der Waals surface area (Å²) in [6.45, 7) is 0.732. The summed E-state index contributed by atoms with van der Waals surface area (Å²) in [7, 11) is 0. The molecule has 4 heteroatoms. The van der Waals surface area contributed by atoms with Gasteiger partial charge in [0.1, 0.15) is 11.7 Å². The minimum Gasteiger partial charge on any atom is -0.488 e. The highest BCUT2D eigenvalue weighted by atomic mass is 16.5. The molecule has 2 aromatic rings. The highest BCUT2D eigenvalue weighted by molar-refractivity contribution is 5.86. The molecule has 0 saturated carbocycles. The van der Waals surface area contributed by atoms with Crippen molar-refractivity contribution in [2.45, 2.75) is 19.3 Å². The first-order chi connectivity index (χ1) is 8.86. The number of aliphatic hydroxyl groups is 1. The molecular weight excluding hydrogens is 230 g/mol. The van der Waals surface area contributed by atoms with Gasteiger partial charge in [-0.25, -0.2) is 0 Å². The van der Waals surface area contributed by atoms with Gasteiger partial charge in [-0.3, -0.25) is 0 Å². The Kier molecular flexibility index (Phi) is 4.21. The van der Waals surface area contributed by atoms with E-state index in [4.69, 9.17) is 19.5 Å². The van der Waals surface area contributed by atoms with Gasteiger partial charge in [0.15, 0.2) is 5.75 Å². The second-order valence-corrected chi connectivity index (χ2v) is 4.00. The van der Waals surface area contributed by atoms with Gasteiger partial charge >= 0.3 is 0 Å². The van der Waals surface area contributed by atoms with E-state index in [9.17, 15) is 0 Å². The van der Waals surface area contributed by atoms with Gasteiger partial charge in [0.05, 0.1) is 12.0 Å². The van der Waals surface area contributed by atoms with Crippen LogP contribution in [0, 0.1) is 11.3 Å². The monoisotopic (exact) mass is 245 g/mol. The van der Waals surface area contributed by atoms with Gasteiger partial charge in [-0.05, 0) is 31.4 Å². The fourth-order valence-corrected chi connectivity index (χ4v) is 1.80. The quantitative estimate of drug-likeness (QED) is 0.795. The first-order valence-electron chi connectivity index (χ1n) is 6.02. The normalized spacial score (nSPS) is 10.4. The maximum Gasteiger partial charge on any atom is 0.246 e. The third-order valence-electron chi connectivity index (χ3n) is 2.70. The number of unbranched alkanes of at least 4 members (excludes halogenated alkanes) is 2. The van der Waals surface area contributed by atoms with E-state index >= 15 is 0 Å². The molecule has 0 unspecified atom stereocenters. The molecule has 0 radical (unpaired) electrons. The molecule has 0 spiro atoms. The fraction of sp³-hybridized carbons (Fsp3) is 0.357. The Morgan fingerprint density at radius 3 is 2.83 bits per heavy atom. The molecule has 0 fully saturated rings. The van der Waals surface area contributed by atoms with Crippen molar-refractivity contribution in [2.75, 3.05) is 13.2 Å². The van der Waals surface area contributed by atoms with Crippen LogP contribution in [0.1, 0.15) is 25.0 Å². The molecule has 18 heavy (non-hydrogen) atoms. The number of nitriles is 1. The maximum absolute atomic E-state index is 9.00. The minimum absolute atomic E-state index is 0.206. The number of hydrogen-bond donors (Lipinski definition) is 1. The number of benzene rings is 1. The van der Waals surface area contributed by atoms with Crippen LogP contribution in [0.2, 0.25) is 0 Å². The van der Waals surface area contributed by atoms with Crippen LogP contribution < -0.4 is 4.74 Å². The summed E-state index contributed by atoms with van der Waals surface area (Å²) in [4.78, 5) is 0. The van der Waals surface area contributed by atoms with E-state index in [-0.39, 0.29) is 12.4 Å². The molecule has 0 atom stereocenters. The van der Waals surface area contributed by atoms with Gasteiger partial charge in [0.25, 0.3) is 0 Å². The van der Waals surface area contributed by atoms with Crippen molar-refractivity contribution in [3.63, 3.8) is 0 Å². The van der Waals surface area contributed by atoms with Crippen molar-refractivity contribution < 1.29 is 14.3 Å². The zero-order valence-corrected chi connectivity index (χ0v) is 10.1. The van der Waals surface area contributed by atoms with E-state index < -0.39 is 0 Å². The molecule has 1 N–H and O–H groups in total. The van der Waals surface area contributed by atoms with Crippen LogP contribution in [0.3, 0.4) is 0 Å². The first kappa shape index (κ1) is 12.5. The van der Waals surface area contributed by atoms with Crippen LogP contribution in [0.25, 0.3) is 11.0 Å². The third kappa shape index (κ3) is 2.63. The van der Waals surface area contributed by atoms with Crippen LogP contribution >= 0.6 is 0 Å². The van der Waals surface area contributed by atoms with Crippen molar-refractivity contribution >= 4 is 11.0 Å². The zero-order valence-electron chi connectivity index (χ0n) is 10.1. The molecule has 0 amide bonds. The van der Waals surface area contributed by atoms with Gasteiger partial charge in [-0.1, -0.05) is 12.1 Å². The van der Waals surface area contributed by atoms with Crippen molar-refractivity contribution in [1.82, 2.24) is 0 Å². The average molecular weight is 245 g/mol. The molecule has 1 heterocycles. The molecule has 1 aromatic heterocycles. The number of para-hydroxylation sites is 1. The minimum atomic E-state index is 0.206. The largest absolute Gasteiger partial charge is 0.488 e. The topological polar surface area (TPSA) is 66.4 Å². The molecule has 0 aliphatic heterocycles. The highest BCUT2D eigenvalue weighted by Gasteiger charge is 2.14. The lowest BCUT2D eigenvalue weighted by atomic mass is 10.2. The van der Waals surface area contributed by atoms with Crippen LogP contribution in [0.4, 0.5) is 0 Å². The van der Waals surface area contributed by atoms with Gasteiger partial charge in [-0.2, -0.15) is 5.26 Å². The van der Waals surface area contributed by atoms with E-state index in [1.54, 1.807) is 0 Å². The molecule has 94 valence electrons. The van der Waals surface area contributed by atoms with Gasteiger partial charge in [0.2, 0.25) is 5.76 Å². The second kappa shape index (κ2) is 6.08. The molecule has 0 aliphatic carbocycles. The first-order valence-corrected chi connectivity index (χ1v) is 6.02. The van der Waals surface area contributed by atoms with Gasteiger partial charge < -0.3 is 14.3 Å². The predicted octanol–water partition coefficient (Wildman–Crippen LogP) is 2.85. The van der Waals surface area contributed by atoms with Crippen molar-refractivity contribution in [3.8, 4) is 11.8 Å². The smallest absolute Gasteiger partial charge is 0.246 e. The number of rotatable bonds is 6. The summed E-state index contributed by atoms with van der Waals surface area (Å²) in [5.41, 5.74) is 0.666. The third-order valence-corrected chi connectivity index (χ3v) is 2.70. The summed E-state index contributed by atoms with van der Waals surface area (Å²) in [6.07, 6.45) is 2.54. The van der Waals surface area contributed by atoms with E-state index in [0.717, 1.165) is 24.6 Å². The SMILES string of the molecule is N#Cc1oc2ccccc2c1OCCCCCO. The van der Waals surface area contributed by atoms with Gasteiger partial charge in [0, 0.05) is 6.61 Å². The number of ether oxygens (including phenoxy) is 1. The number of fused-ring (bicyclic) bond motifs is 1. The molecule has 0 aliphatic rings. The molecule has 1 aromatic carbocycles. The van der Waals surface area contributed by atoms with Crippen LogP contribution in [-0.4, -0.2) is 18.3 Å². The van der Waals surface area contributed by atoms with Crippen molar-refractivity contribution in [1.29, 1.82) is 5.26 Å². The van der Waals surface area contributed by atoms with Gasteiger partial charge in [-0.15, -0.1) is 0 Å². The van der Waals surface area contributed by atoms with E-state index in [0.29, 0.717) is 17.9 Å². The molecule has 0 saturated heterocycles. The Bertz CT molecular complexity index is 554. The lowest BCUT2D eigenvalue weighted by molar-refractivity contribution is 0.265. The molecular formula is C14H15NO3. The number of nitrogens with zero attached hydrogens (tertiary/aromatic N) is 1. The van der Waals surface area contributed by atoms with Crippen LogP contribution in [0.15, 0.2) is 28.7 Å². The Balaban J connectivity index is 2.09. The van der Waals surface area contributed by atoms with Crippen molar-refractivity contribution in [2.24, 2.45) is 0 Å². The number of aliphatic hydroxyl groups excluding tert-OH is 1. The highest BCUT2D eigenvalue weighted by Crippen LogP contribution is 2.32. The van der Waals surface area contributed by atoms with E-state index in [2.05, 4.69) is 0 Å². The van der Waals surface area contributed by atoms with E-state index in [1.807, 2.05) is 30.3 Å². The number of furan rings is 1. The summed E-state index contributed by atoms with van der Waals surface area (Å²) < 4.78 is 11.0. The molecule has 4 nitrogen and oxygen atoms in total. The Labute approximate surface area is 105 Å². The Morgan fingerprint density at radius 2 is 2.06 bits per heavy atom. The fourth-order valence-electron chi connectivity index (χ4n) is 1.80. The van der Waals surface area contributed by atoms with Crippen LogP contribution in [-0.2, 0) is 0 Å². The lowest BCUT2D eigenvalue weighted by Crippen LogP contribution is -1.98. The predicted molar refractivity (Wildman–Crippen MR) is 67.4 cm³/mol. The summed E-state index contributed by atoms with van der Waals surface area (Å²) in [6, 6.07) is 9.44. The average Bonchev–Trinajstić information content (AvgIpc) is 2.77. The summed E-state index contributed by atoms with van der Waals surface area (Å²) in [5.74, 6) is 0.746. The number of hydrogen-bond acceptors (Lipinski definition) is 4. The van der Waals surface area contributed by atoms with E-state index in [1.165, 1.54) is 0 Å². The standard InChI is InChI=1S/C14H15NO3/c15-10-13-14(17-9-5-1-4-8-16)11-6-2-3-7-12(11)18-13/h2-3,6-7,16H,1,4-5,8-9H2. The summed E-state index contributed by atoms with van der Waals surface area (Å²) >= 11 is 0.